The fraction of sp³-hybridized carbons (Fsp3) is 0.444. The molecule has 0 radical (unpaired) electrons. The molecule has 0 bridgehead atoms. The predicted molar refractivity (Wildman–Crippen MR) is 48.9 cm³/mol. The van der Waals surface area contributed by atoms with Gasteiger partial charge in [-0.3, -0.25) is 4.98 Å². The molecule has 0 fully saturated rings. The molecule has 0 aromatic carbocycles. The molecule has 0 atom stereocenters. The lowest BCUT2D eigenvalue weighted by Crippen LogP contribution is -2.11. The Labute approximate surface area is 72.5 Å². The summed E-state index contributed by atoms with van der Waals surface area (Å²) in [6.07, 6.45) is 3.41. The van der Waals surface area contributed by atoms with Crippen LogP contribution in [0.25, 0.3) is 0 Å². The molecule has 12 heavy (non-hydrogen) atoms. The zero-order chi connectivity index (χ0) is 8.97. The van der Waals surface area contributed by atoms with Gasteiger partial charge in [-0.15, -0.1) is 0 Å². The van der Waals surface area contributed by atoms with Crippen molar-refractivity contribution in [1.82, 2.24) is 4.98 Å². The Morgan fingerprint density at radius 2 is 2.33 bits per heavy atom. The average molecular weight is 166 g/mol. The van der Waals surface area contributed by atoms with Gasteiger partial charge in [0.2, 0.25) is 0 Å². The van der Waals surface area contributed by atoms with Crippen molar-refractivity contribution in [2.75, 3.05) is 5.32 Å². The zero-order valence-corrected chi connectivity index (χ0v) is 7.41. The van der Waals surface area contributed by atoms with E-state index in [1.165, 1.54) is 0 Å². The minimum atomic E-state index is 0.0531. The number of anilines is 1. The second-order valence-electron chi connectivity index (χ2n) is 2.99. The van der Waals surface area contributed by atoms with Gasteiger partial charge in [-0.2, -0.15) is 0 Å². The molecule has 1 heterocycles. The third-order valence-electron chi connectivity index (χ3n) is 1.53. The van der Waals surface area contributed by atoms with Gasteiger partial charge in [0.25, 0.3) is 0 Å². The summed E-state index contributed by atoms with van der Waals surface area (Å²) < 4.78 is 0. The molecular weight excluding hydrogens is 152 g/mol. The fourth-order valence-corrected chi connectivity index (χ4v) is 1.00. The summed E-state index contributed by atoms with van der Waals surface area (Å²) in [7, 11) is 0. The summed E-state index contributed by atoms with van der Waals surface area (Å²) >= 11 is 0. The number of aliphatic hydroxyl groups excluding tert-OH is 1. The first-order valence-corrected chi connectivity index (χ1v) is 4.04. The molecule has 3 heteroatoms. The summed E-state index contributed by atoms with van der Waals surface area (Å²) in [4.78, 5) is 3.97. The molecule has 0 amide bonds. The maximum atomic E-state index is 8.96. The van der Waals surface area contributed by atoms with E-state index in [4.69, 9.17) is 5.11 Å². The maximum absolute atomic E-state index is 8.96. The van der Waals surface area contributed by atoms with E-state index in [1.807, 2.05) is 19.9 Å². The van der Waals surface area contributed by atoms with Crippen molar-refractivity contribution >= 4 is 5.69 Å². The molecule has 0 aliphatic carbocycles. The highest BCUT2D eigenvalue weighted by atomic mass is 16.3. The van der Waals surface area contributed by atoms with Crippen molar-refractivity contribution in [3.05, 3.63) is 24.0 Å². The van der Waals surface area contributed by atoms with E-state index in [0.29, 0.717) is 6.04 Å². The quantitative estimate of drug-likeness (QED) is 0.713. The van der Waals surface area contributed by atoms with Crippen LogP contribution in [-0.2, 0) is 6.61 Å². The number of pyridine rings is 1. The first kappa shape index (κ1) is 9.00. The van der Waals surface area contributed by atoms with Crippen LogP contribution in [-0.4, -0.2) is 16.1 Å². The molecule has 0 unspecified atom stereocenters. The third kappa shape index (κ3) is 2.20. The van der Waals surface area contributed by atoms with Gasteiger partial charge in [0.1, 0.15) is 0 Å². The Morgan fingerprint density at radius 1 is 1.58 bits per heavy atom. The van der Waals surface area contributed by atoms with Gasteiger partial charge < -0.3 is 10.4 Å². The SMILES string of the molecule is CC(C)Nc1cnccc1CO. The standard InChI is InChI=1S/C9H14N2O/c1-7(2)11-9-5-10-4-3-8(9)6-12/h3-5,7,11-12H,6H2,1-2H3. The van der Waals surface area contributed by atoms with Crippen LogP contribution in [0.2, 0.25) is 0 Å². The molecule has 1 aromatic heterocycles. The molecule has 0 aliphatic rings. The van der Waals surface area contributed by atoms with E-state index in [9.17, 15) is 0 Å². The Hall–Kier alpha value is -1.09. The Bertz CT molecular complexity index is 248. The summed E-state index contributed by atoms with van der Waals surface area (Å²) in [5.74, 6) is 0. The molecule has 66 valence electrons. The van der Waals surface area contributed by atoms with E-state index >= 15 is 0 Å². The highest BCUT2D eigenvalue weighted by Crippen LogP contribution is 2.13. The maximum Gasteiger partial charge on any atom is 0.0703 e. The van der Waals surface area contributed by atoms with Crippen LogP contribution >= 0.6 is 0 Å². The minimum Gasteiger partial charge on any atom is -0.392 e. The van der Waals surface area contributed by atoms with E-state index in [1.54, 1.807) is 12.4 Å². The van der Waals surface area contributed by atoms with Gasteiger partial charge in [-0.05, 0) is 19.9 Å². The zero-order valence-electron chi connectivity index (χ0n) is 7.41. The number of hydrogen-bond donors (Lipinski definition) is 2. The van der Waals surface area contributed by atoms with Crippen molar-refractivity contribution in [2.24, 2.45) is 0 Å². The number of hydrogen-bond acceptors (Lipinski definition) is 3. The van der Waals surface area contributed by atoms with Crippen LogP contribution in [0, 0.1) is 0 Å². The van der Waals surface area contributed by atoms with E-state index in [0.717, 1.165) is 11.3 Å². The molecule has 0 saturated carbocycles. The van der Waals surface area contributed by atoms with E-state index in [-0.39, 0.29) is 6.61 Å². The lowest BCUT2D eigenvalue weighted by atomic mass is 10.2. The largest absolute Gasteiger partial charge is 0.392 e. The van der Waals surface area contributed by atoms with Crippen molar-refractivity contribution in [3.63, 3.8) is 0 Å². The molecule has 0 saturated heterocycles. The number of aliphatic hydroxyl groups is 1. The van der Waals surface area contributed by atoms with Gasteiger partial charge in [0, 0.05) is 17.8 Å². The van der Waals surface area contributed by atoms with Crippen molar-refractivity contribution in [2.45, 2.75) is 26.5 Å². The van der Waals surface area contributed by atoms with Gasteiger partial charge in [0.15, 0.2) is 0 Å². The Balaban J connectivity index is 2.82. The molecular formula is C9H14N2O. The van der Waals surface area contributed by atoms with E-state index < -0.39 is 0 Å². The summed E-state index contributed by atoms with van der Waals surface area (Å²) in [6, 6.07) is 2.17. The van der Waals surface area contributed by atoms with Crippen LogP contribution in [0.1, 0.15) is 19.4 Å². The third-order valence-corrected chi connectivity index (χ3v) is 1.53. The molecule has 1 rings (SSSR count). The molecule has 0 spiro atoms. The first-order valence-electron chi connectivity index (χ1n) is 4.04. The monoisotopic (exact) mass is 166 g/mol. The van der Waals surface area contributed by atoms with Crippen LogP contribution in [0.4, 0.5) is 5.69 Å². The number of aromatic nitrogens is 1. The second-order valence-corrected chi connectivity index (χ2v) is 2.99. The average Bonchev–Trinajstić information content (AvgIpc) is 2.04. The molecule has 2 N–H and O–H groups in total. The van der Waals surface area contributed by atoms with E-state index in [2.05, 4.69) is 10.3 Å². The van der Waals surface area contributed by atoms with Crippen molar-refractivity contribution < 1.29 is 5.11 Å². The topological polar surface area (TPSA) is 45.2 Å². The molecule has 0 aliphatic heterocycles. The fourth-order valence-electron chi connectivity index (χ4n) is 1.00. The normalized spacial score (nSPS) is 10.3. The number of rotatable bonds is 3. The predicted octanol–water partition coefficient (Wildman–Crippen LogP) is 1.39. The Morgan fingerprint density at radius 3 is 2.92 bits per heavy atom. The lowest BCUT2D eigenvalue weighted by molar-refractivity contribution is 0.282. The van der Waals surface area contributed by atoms with Gasteiger partial charge >= 0.3 is 0 Å². The van der Waals surface area contributed by atoms with Crippen LogP contribution in [0.5, 0.6) is 0 Å². The van der Waals surface area contributed by atoms with Gasteiger partial charge in [-0.1, -0.05) is 0 Å². The molecule has 3 nitrogen and oxygen atoms in total. The van der Waals surface area contributed by atoms with Gasteiger partial charge in [-0.25, -0.2) is 0 Å². The summed E-state index contributed by atoms with van der Waals surface area (Å²) in [5, 5.41) is 12.2. The van der Waals surface area contributed by atoms with Crippen LogP contribution < -0.4 is 5.32 Å². The van der Waals surface area contributed by atoms with Gasteiger partial charge in [0.05, 0.1) is 18.5 Å². The lowest BCUT2D eigenvalue weighted by Gasteiger charge is -2.12. The number of nitrogens with one attached hydrogen (secondary N) is 1. The van der Waals surface area contributed by atoms with Crippen molar-refractivity contribution in [1.29, 1.82) is 0 Å². The molecule has 1 aromatic rings. The Kier molecular flexibility index (Phi) is 3.05. The smallest absolute Gasteiger partial charge is 0.0703 e. The first-order chi connectivity index (χ1) is 5.74. The highest BCUT2D eigenvalue weighted by molar-refractivity contribution is 5.48. The van der Waals surface area contributed by atoms with Crippen LogP contribution in [0.3, 0.4) is 0 Å². The minimum absolute atomic E-state index is 0.0531. The summed E-state index contributed by atoms with van der Waals surface area (Å²) in [6.45, 7) is 4.15. The summed E-state index contributed by atoms with van der Waals surface area (Å²) in [5.41, 5.74) is 1.80. The van der Waals surface area contributed by atoms with Crippen molar-refractivity contribution in [3.8, 4) is 0 Å². The second kappa shape index (κ2) is 4.07. The van der Waals surface area contributed by atoms with Crippen LogP contribution in [0.15, 0.2) is 18.5 Å². The highest BCUT2D eigenvalue weighted by Gasteiger charge is 2.00. The number of nitrogens with zero attached hydrogens (tertiary/aromatic N) is 1.